The fraction of sp³-hybridized carbons (Fsp3) is 0.583. The Balaban J connectivity index is 1.86. The van der Waals surface area contributed by atoms with E-state index in [1.165, 1.54) is 19.5 Å². The van der Waals surface area contributed by atoms with Crippen LogP contribution < -0.4 is 5.32 Å². The molecule has 2 N–H and O–H groups in total. The van der Waals surface area contributed by atoms with Crippen LogP contribution in [0.25, 0.3) is 0 Å². The summed E-state index contributed by atoms with van der Waals surface area (Å²) in [6.07, 6.45) is 1.99. The summed E-state index contributed by atoms with van der Waals surface area (Å²) in [6.45, 7) is 1.04. The summed E-state index contributed by atoms with van der Waals surface area (Å²) >= 11 is 0. The summed E-state index contributed by atoms with van der Waals surface area (Å²) in [7, 11) is 1.52. The molecule has 0 aliphatic carbocycles. The highest BCUT2D eigenvalue weighted by atomic mass is 16.5. The van der Waals surface area contributed by atoms with E-state index >= 15 is 0 Å². The summed E-state index contributed by atoms with van der Waals surface area (Å²) in [4.78, 5) is 19.5. The maximum atomic E-state index is 11.8. The molecule has 0 radical (unpaired) electrons. The van der Waals surface area contributed by atoms with Gasteiger partial charge < -0.3 is 19.9 Å². The van der Waals surface area contributed by atoms with Gasteiger partial charge in [0.1, 0.15) is 6.10 Å². The Hall–Kier alpha value is -1.57. The number of aliphatic hydroxyl groups excluding tert-OH is 1. The van der Waals surface area contributed by atoms with Crippen LogP contribution in [0.1, 0.15) is 10.6 Å². The van der Waals surface area contributed by atoms with Crippen molar-refractivity contribution in [1.82, 2.24) is 15.3 Å². The molecule has 0 aromatic carbocycles. The van der Waals surface area contributed by atoms with Crippen molar-refractivity contribution in [3.8, 4) is 0 Å². The van der Waals surface area contributed by atoms with Gasteiger partial charge in [0.05, 0.1) is 19.3 Å². The van der Waals surface area contributed by atoms with Gasteiger partial charge in [-0.25, -0.2) is 9.97 Å². The first-order chi connectivity index (χ1) is 9.22. The molecule has 1 aromatic rings. The van der Waals surface area contributed by atoms with Gasteiger partial charge in [-0.3, -0.25) is 4.79 Å². The van der Waals surface area contributed by atoms with Gasteiger partial charge in [-0.2, -0.15) is 0 Å². The lowest BCUT2D eigenvalue weighted by Gasteiger charge is -2.33. The third-order valence-electron chi connectivity index (χ3n) is 3.07. The van der Waals surface area contributed by atoms with Crippen molar-refractivity contribution >= 4 is 5.91 Å². The van der Waals surface area contributed by atoms with E-state index in [1.807, 2.05) is 0 Å². The van der Waals surface area contributed by atoms with Gasteiger partial charge in [-0.05, 0) is 6.07 Å². The van der Waals surface area contributed by atoms with Crippen molar-refractivity contribution in [3.63, 3.8) is 0 Å². The second kappa shape index (κ2) is 6.55. The molecule has 0 saturated carbocycles. The third-order valence-corrected chi connectivity index (χ3v) is 3.07. The van der Waals surface area contributed by atoms with E-state index in [9.17, 15) is 9.90 Å². The van der Waals surface area contributed by atoms with E-state index in [0.29, 0.717) is 13.2 Å². The van der Waals surface area contributed by atoms with Crippen LogP contribution in [0.4, 0.5) is 0 Å². The fourth-order valence-corrected chi connectivity index (χ4v) is 1.94. The van der Waals surface area contributed by atoms with Crippen LogP contribution in [0.2, 0.25) is 0 Å². The van der Waals surface area contributed by atoms with Gasteiger partial charge in [0.2, 0.25) is 5.82 Å². The maximum Gasteiger partial charge on any atom is 0.289 e. The number of ether oxygens (including phenoxy) is 2. The Bertz CT molecular complexity index is 415. The Morgan fingerprint density at radius 1 is 1.53 bits per heavy atom. The number of aliphatic hydroxyl groups is 1. The molecule has 1 aliphatic rings. The number of nitrogens with zero attached hydrogens (tertiary/aromatic N) is 2. The number of nitrogens with one attached hydrogen (secondary N) is 1. The second-order valence-electron chi connectivity index (χ2n) is 4.34. The van der Waals surface area contributed by atoms with Crippen molar-refractivity contribution < 1.29 is 19.4 Å². The Labute approximate surface area is 111 Å². The number of hydrogen-bond acceptors (Lipinski definition) is 6. The molecule has 1 fully saturated rings. The molecule has 0 unspecified atom stereocenters. The zero-order valence-corrected chi connectivity index (χ0v) is 10.7. The molecule has 0 bridgehead atoms. The van der Waals surface area contributed by atoms with Crippen molar-refractivity contribution in [1.29, 1.82) is 0 Å². The van der Waals surface area contributed by atoms with Gasteiger partial charge in [-0.15, -0.1) is 0 Å². The highest BCUT2D eigenvalue weighted by Gasteiger charge is 2.32. The summed E-state index contributed by atoms with van der Waals surface area (Å²) < 4.78 is 10.4. The molecule has 7 nitrogen and oxygen atoms in total. The minimum Gasteiger partial charge on any atom is -0.390 e. The van der Waals surface area contributed by atoms with E-state index < -0.39 is 6.10 Å². The zero-order chi connectivity index (χ0) is 13.7. The van der Waals surface area contributed by atoms with Gasteiger partial charge >= 0.3 is 0 Å². The molecule has 1 aromatic heterocycles. The van der Waals surface area contributed by atoms with Crippen LogP contribution >= 0.6 is 0 Å². The molecule has 2 rings (SSSR count). The largest absolute Gasteiger partial charge is 0.390 e. The molecule has 7 heteroatoms. The Morgan fingerprint density at radius 2 is 2.26 bits per heavy atom. The summed E-state index contributed by atoms with van der Waals surface area (Å²) in [5.41, 5.74) is 0. The van der Waals surface area contributed by atoms with E-state index in [4.69, 9.17) is 9.47 Å². The first-order valence-electron chi connectivity index (χ1n) is 6.06. The number of methoxy groups -OCH3 is 1. The van der Waals surface area contributed by atoms with Crippen LogP contribution in [0.5, 0.6) is 0 Å². The van der Waals surface area contributed by atoms with Crippen LogP contribution in [-0.4, -0.2) is 60.1 Å². The lowest BCUT2D eigenvalue weighted by molar-refractivity contribution is -0.132. The van der Waals surface area contributed by atoms with Gasteiger partial charge in [-0.1, -0.05) is 0 Å². The van der Waals surface area contributed by atoms with Crippen molar-refractivity contribution in [3.05, 3.63) is 24.3 Å². The molecule has 3 atom stereocenters. The number of amides is 1. The highest BCUT2D eigenvalue weighted by Crippen LogP contribution is 2.16. The first kappa shape index (κ1) is 13.9. The predicted octanol–water partition coefficient (Wildman–Crippen LogP) is -0.771. The standard InChI is InChI=1S/C12H17N3O4/c1-18-9-7-19-6-8(10(9)16)5-15-12(17)11-13-3-2-4-14-11/h2-4,8-10,16H,5-7H2,1H3,(H,15,17)/t8-,9-,10+/m1/s1. The molecular weight excluding hydrogens is 250 g/mol. The maximum absolute atomic E-state index is 11.8. The van der Waals surface area contributed by atoms with E-state index in [2.05, 4.69) is 15.3 Å². The number of aromatic nitrogens is 2. The highest BCUT2D eigenvalue weighted by molar-refractivity contribution is 5.90. The third kappa shape index (κ3) is 3.46. The molecular formula is C12H17N3O4. The average molecular weight is 267 g/mol. The normalized spacial score (nSPS) is 26.9. The topological polar surface area (TPSA) is 93.6 Å². The average Bonchev–Trinajstić information content (AvgIpc) is 2.47. The second-order valence-corrected chi connectivity index (χ2v) is 4.34. The molecule has 104 valence electrons. The summed E-state index contributed by atoms with van der Waals surface area (Å²) in [5, 5.41) is 12.7. The van der Waals surface area contributed by atoms with Crippen LogP contribution in [0, 0.1) is 5.92 Å². The summed E-state index contributed by atoms with van der Waals surface area (Å²) in [6, 6.07) is 1.64. The Kier molecular flexibility index (Phi) is 4.78. The minimum atomic E-state index is -0.657. The Morgan fingerprint density at radius 3 is 2.95 bits per heavy atom. The summed E-state index contributed by atoms with van der Waals surface area (Å²) in [5.74, 6) is -0.462. The number of carbonyl (C=O) groups is 1. The molecule has 1 saturated heterocycles. The molecule has 1 aliphatic heterocycles. The molecule has 19 heavy (non-hydrogen) atoms. The van der Waals surface area contributed by atoms with Gasteiger partial charge in [0.15, 0.2) is 0 Å². The number of hydrogen-bond donors (Lipinski definition) is 2. The zero-order valence-electron chi connectivity index (χ0n) is 10.7. The van der Waals surface area contributed by atoms with Crippen molar-refractivity contribution in [2.75, 3.05) is 26.9 Å². The van der Waals surface area contributed by atoms with Crippen molar-refractivity contribution in [2.45, 2.75) is 12.2 Å². The molecule has 2 heterocycles. The predicted molar refractivity (Wildman–Crippen MR) is 65.5 cm³/mol. The SMILES string of the molecule is CO[C@@H]1COC[C@@H](CNC(=O)c2ncccn2)[C@@H]1O. The smallest absolute Gasteiger partial charge is 0.289 e. The van der Waals surface area contributed by atoms with E-state index in [-0.39, 0.29) is 30.3 Å². The monoisotopic (exact) mass is 267 g/mol. The van der Waals surface area contributed by atoms with Crippen LogP contribution in [0.15, 0.2) is 18.5 Å². The lowest BCUT2D eigenvalue weighted by Crippen LogP contribution is -2.49. The fourth-order valence-electron chi connectivity index (χ4n) is 1.94. The van der Waals surface area contributed by atoms with Crippen LogP contribution in [0.3, 0.4) is 0 Å². The van der Waals surface area contributed by atoms with Crippen LogP contribution in [-0.2, 0) is 9.47 Å². The van der Waals surface area contributed by atoms with Crippen molar-refractivity contribution in [2.24, 2.45) is 5.92 Å². The first-order valence-corrected chi connectivity index (χ1v) is 6.06. The van der Waals surface area contributed by atoms with Gasteiger partial charge in [0.25, 0.3) is 5.91 Å². The molecule has 0 spiro atoms. The molecule has 1 amide bonds. The number of carbonyl (C=O) groups excluding carboxylic acids is 1. The number of rotatable bonds is 4. The lowest BCUT2D eigenvalue weighted by atomic mass is 9.96. The van der Waals surface area contributed by atoms with E-state index in [0.717, 1.165) is 0 Å². The van der Waals surface area contributed by atoms with E-state index in [1.54, 1.807) is 6.07 Å². The minimum absolute atomic E-state index is 0.108. The quantitative estimate of drug-likeness (QED) is 0.744. The van der Waals surface area contributed by atoms with Gasteiger partial charge in [0, 0.05) is 32.0 Å².